The van der Waals surface area contributed by atoms with E-state index < -0.39 is 0 Å². The van der Waals surface area contributed by atoms with Gasteiger partial charge in [0.2, 0.25) is 0 Å². The normalized spacial score (nSPS) is 10.0. The molecule has 2 aromatic heterocycles. The Morgan fingerprint density at radius 3 is 2.04 bits per heavy atom. The van der Waals surface area contributed by atoms with Gasteiger partial charge >= 0.3 is 0 Å². The van der Waals surface area contributed by atoms with Gasteiger partial charge in [-0.15, -0.1) is 0 Å². The minimum Gasteiger partial charge on any atom is -0.326 e. The second kappa shape index (κ2) is 7.32. The van der Waals surface area contributed by atoms with Gasteiger partial charge in [0.1, 0.15) is 6.07 Å². The zero-order valence-electron chi connectivity index (χ0n) is 13.1. The van der Waals surface area contributed by atoms with Crippen molar-refractivity contribution in [3.8, 4) is 6.07 Å². The summed E-state index contributed by atoms with van der Waals surface area (Å²) in [5, 5.41) is 10.8. The van der Waals surface area contributed by atoms with Gasteiger partial charge in [-0.05, 0) is 29.8 Å². The van der Waals surface area contributed by atoms with Gasteiger partial charge in [0, 0.05) is 29.7 Å². The van der Waals surface area contributed by atoms with Gasteiger partial charge in [-0.2, -0.15) is 5.26 Å². The van der Waals surface area contributed by atoms with Gasteiger partial charge in [0.15, 0.2) is 0 Å². The summed E-state index contributed by atoms with van der Waals surface area (Å²) in [5.74, 6) is 0. The maximum Gasteiger partial charge on any atom is 0.101 e. The van der Waals surface area contributed by atoms with Crippen LogP contribution in [0.1, 0.15) is 11.1 Å². The number of nitrogens with two attached hydrogens (primary N) is 1. The van der Waals surface area contributed by atoms with Crippen LogP contribution in [0.4, 0.5) is 0 Å². The fourth-order valence-electron chi connectivity index (χ4n) is 2.36. The van der Waals surface area contributed by atoms with E-state index in [1.54, 1.807) is 6.20 Å². The van der Waals surface area contributed by atoms with Crippen molar-refractivity contribution in [2.24, 2.45) is 5.73 Å². The van der Waals surface area contributed by atoms with E-state index in [-0.39, 0.29) is 0 Å². The minimum absolute atomic E-state index is 0.553. The van der Waals surface area contributed by atoms with Crippen molar-refractivity contribution >= 4 is 21.8 Å². The van der Waals surface area contributed by atoms with Crippen molar-refractivity contribution in [3.05, 3.63) is 84.2 Å². The van der Waals surface area contributed by atoms with Crippen LogP contribution in [0.3, 0.4) is 0 Å². The van der Waals surface area contributed by atoms with E-state index in [9.17, 15) is 0 Å². The number of rotatable bonds is 1. The number of benzene rings is 2. The Morgan fingerprint density at radius 1 is 0.833 bits per heavy atom. The molecule has 0 aliphatic carbocycles. The first kappa shape index (κ1) is 15.6. The monoisotopic (exact) mass is 312 g/mol. The number of aromatic nitrogens is 2. The van der Waals surface area contributed by atoms with Crippen molar-refractivity contribution in [2.75, 3.05) is 0 Å². The number of pyridine rings is 2. The summed E-state index contributed by atoms with van der Waals surface area (Å²) in [6.45, 7) is 0.553. The second-order valence-corrected chi connectivity index (χ2v) is 5.27. The largest absolute Gasteiger partial charge is 0.326 e. The van der Waals surface area contributed by atoms with Crippen LogP contribution in [0.5, 0.6) is 0 Å². The zero-order chi connectivity index (χ0) is 16.8. The number of hydrogen-bond donors (Lipinski definition) is 1. The van der Waals surface area contributed by atoms with Crippen molar-refractivity contribution in [1.82, 2.24) is 9.97 Å². The Kier molecular flexibility index (Phi) is 4.76. The lowest BCUT2D eigenvalue weighted by atomic mass is 10.2. The molecule has 0 bridgehead atoms. The molecule has 0 saturated carbocycles. The molecule has 24 heavy (non-hydrogen) atoms. The SMILES string of the molecule is N#Cc1cnc2ccccc2c1.NCc1cnc2ccccc2c1. The minimum atomic E-state index is 0.553. The molecular weight excluding hydrogens is 296 g/mol. The van der Waals surface area contributed by atoms with E-state index in [2.05, 4.69) is 22.1 Å². The van der Waals surface area contributed by atoms with E-state index in [1.165, 1.54) is 0 Å². The lowest BCUT2D eigenvalue weighted by Crippen LogP contribution is -1.96. The molecule has 2 aromatic carbocycles. The van der Waals surface area contributed by atoms with Crippen molar-refractivity contribution < 1.29 is 0 Å². The quantitative estimate of drug-likeness (QED) is 0.580. The molecule has 0 amide bonds. The summed E-state index contributed by atoms with van der Waals surface area (Å²) in [5.41, 5.74) is 9.13. The molecule has 0 fully saturated rings. The maximum absolute atomic E-state index is 8.61. The molecule has 0 radical (unpaired) electrons. The lowest BCUT2D eigenvalue weighted by molar-refractivity contribution is 1.06. The highest BCUT2D eigenvalue weighted by atomic mass is 14.7. The van der Waals surface area contributed by atoms with E-state index in [0.717, 1.165) is 27.4 Å². The van der Waals surface area contributed by atoms with E-state index in [1.807, 2.05) is 60.8 Å². The third kappa shape index (κ3) is 3.54. The first-order chi connectivity index (χ1) is 11.8. The van der Waals surface area contributed by atoms with Crippen LogP contribution in [0.15, 0.2) is 73.1 Å². The molecule has 0 saturated heterocycles. The molecule has 2 N–H and O–H groups in total. The number of hydrogen-bond acceptors (Lipinski definition) is 4. The molecule has 0 unspecified atom stereocenters. The summed E-state index contributed by atoms with van der Waals surface area (Å²) >= 11 is 0. The van der Waals surface area contributed by atoms with Crippen LogP contribution in [0, 0.1) is 11.3 Å². The second-order valence-electron chi connectivity index (χ2n) is 5.27. The predicted molar refractivity (Wildman–Crippen MR) is 96.1 cm³/mol. The van der Waals surface area contributed by atoms with E-state index in [0.29, 0.717) is 12.1 Å². The van der Waals surface area contributed by atoms with Crippen molar-refractivity contribution in [1.29, 1.82) is 5.26 Å². The summed E-state index contributed by atoms with van der Waals surface area (Å²) in [6, 6.07) is 21.7. The molecule has 4 rings (SSSR count). The Bertz CT molecular complexity index is 1020. The predicted octanol–water partition coefficient (Wildman–Crippen LogP) is 3.80. The molecular formula is C20H16N4. The van der Waals surface area contributed by atoms with Gasteiger partial charge in [0.05, 0.1) is 16.6 Å². The summed E-state index contributed by atoms with van der Waals surface area (Å²) < 4.78 is 0. The van der Waals surface area contributed by atoms with E-state index >= 15 is 0 Å². The lowest BCUT2D eigenvalue weighted by Gasteiger charge is -1.98. The Morgan fingerprint density at radius 2 is 1.42 bits per heavy atom. The van der Waals surface area contributed by atoms with Gasteiger partial charge in [-0.25, -0.2) is 0 Å². The number of fused-ring (bicyclic) bond motifs is 2. The fourth-order valence-corrected chi connectivity index (χ4v) is 2.36. The highest BCUT2D eigenvalue weighted by molar-refractivity contribution is 5.79. The van der Waals surface area contributed by atoms with Crippen LogP contribution in [0.2, 0.25) is 0 Å². The highest BCUT2D eigenvalue weighted by Gasteiger charge is 1.95. The smallest absolute Gasteiger partial charge is 0.101 e. The maximum atomic E-state index is 8.61. The number of nitriles is 1. The summed E-state index contributed by atoms with van der Waals surface area (Å²) in [7, 11) is 0. The highest BCUT2D eigenvalue weighted by Crippen LogP contribution is 2.12. The molecule has 0 atom stereocenters. The molecule has 2 heterocycles. The molecule has 0 aliphatic rings. The molecule has 0 aliphatic heterocycles. The third-order valence-corrected chi connectivity index (χ3v) is 3.60. The van der Waals surface area contributed by atoms with Gasteiger partial charge < -0.3 is 5.73 Å². The van der Waals surface area contributed by atoms with Crippen LogP contribution in [-0.2, 0) is 6.54 Å². The standard InChI is InChI=1S/C10H10N2.C10H6N2/c2*11-6-8-5-9-3-1-2-4-10(9)12-7-8/h1-5,7H,6,11H2;1-5,7H. The Hall–Kier alpha value is -3.29. The molecule has 4 aromatic rings. The zero-order valence-corrected chi connectivity index (χ0v) is 13.1. The van der Waals surface area contributed by atoms with Crippen LogP contribution < -0.4 is 5.73 Å². The van der Waals surface area contributed by atoms with Gasteiger partial charge in [-0.1, -0.05) is 36.4 Å². The first-order valence-corrected chi connectivity index (χ1v) is 7.59. The Labute approximate surface area is 140 Å². The third-order valence-electron chi connectivity index (χ3n) is 3.60. The van der Waals surface area contributed by atoms with Crippen LogP contribution >= 0.6 is 0 Å². The number of nitrogens with zero attached hydrogens (tertiary/aromatic N) is 3. The summed E-state index contributed by atoms with van der Waals surface area (Å²) in [4.78, 5) is 8.40. The summed E-state index contributed by atoms with van der Waals surface area (Å²) in [6.07, 6.45) is 3.41. The van der Waals surface area contributed by atoms with Gasteiger partial charge in [-0.3, -0.25) is 9.97 Å². The van der Waals surface area contributed by atoms with Gasteiger partial charge in [0.25, 0.3) is 0 Å². The fraction of sp³-hybridized carbons (Fsp3) is 0.0500. The topological polar surface area (TPSA) is 75.6 Å². The number of para-hydroxylation sites is 2. The van der Waals surface area contributed by atoms with E-state index in [4.69, 9.17) is 11.0 Å². The molecule has 4 nitrogen and oxygen atoms in total. The van der Waals surface area contributed by atoms with Crippen molar-refractivity contribution in [2.45, 2.75) is 6.54 Å². The molecule has 116 valence electrons. The average Bonchev–Trinajstić information content (AvgIpc) is 2.67. The first-order valence-electron chi connectivity index (χ1n) is 7.59. The molecule has 0 spiro atoms. The Balaban J connectivity index is 0.000000141. The van der Waals surface area contributed by atoms with Crippen molar-refractivity contribution in [3.63, 3.8) is 0 Å². The van der Waals surface area contributed by atoms with Crippen LogP contribution in [-0.4, -0.2) is 9.97 Å². The average molecular weight is 312 g/mol. The van der Waals surface area contributed by atoms with Crippen LogP contribution in [0.25, 0.3) is 21.8 Å². The molecule has 4 heteroatoms.